The average Bonchev–Trinajstić information content (AvgIpc) is 2.69. The van der Waals surface area contributed by atoms with Gasteiger partial charge >= 0.3 is 0 Å². The van der Waals surface area contributed by atoms with Crippen LogP contribution in [-0.4, -0.2) is 10.1 Å². The molecular formula is C12H14FN3O. The SMILES string of the molecule is CC(C)Cc1noc(-c2ccc(F)c(N)c2)n1. The third kappa shape index (κ3) is 2.61. The van der Waals surface area contributed by atoms with Crippen molar-refractivity contribution in [2.45, 2.75) is 20.3 Å². The van der Waals surface area contributed by atoms with E-state index >= 15 is 0 Å². The van der Waals surface area contributed by atoms with Gasteiger partial charge in [0.05, 0.1) is 5.69 Å². The first kappa shape index (κ1) is 11.6. The Morgan fingerprint density at radius 2 is 2.18 bits per heavy atom. The van der Waals surface area contributed by atoms with Crippen LogP contribution >= 0.6 is 0 Å². The quantitative estimate of drug-likeness (QED) is 0.830. The standard InChI is InChI=1S/C12H14FN3O/c1-7(2)5-11-15-12(17-16-11)8-3-4-9(13)10(14)6-8/h3-4,6-7H,5,14H2,1-2H3. The predicted molar refractivity (Wildman–Crippen MR) is 62.6 cm³/mol. The Morgan fingerprint density at radius 3 is 2.82 bits per heavy atom. The van der Waals surface area contributed by atoms with Gasteiger partial charge in [0.2, 0.25) is 0 Å². The number of nitrogens with zero attached hydrogens (tertiary/aromatic N) is 2. The summed E-state index contributed by atoms with van der Waals surface area (Å²) in [5.41, 5.74) is 6.19. The molecule has 1 aromatic carbocycles. The Labute approximate surface area is 98.6 Å². The molecule has 0 aliphatic rings. The molecule has 0 spiro atoms. The fourth-order valence-corrected chi connectivity index (χ4v) is 1.50. The third-order valence-corrected chi connectivity index (χ3v) is 2.30. The van der Waals surface area contributed by atoms with Gasteiger partial charge in [0.1, 0.15) is 5.82 Å². The van der Waals surface area contributed by atoms with E-state index in [4.69, 9.17) is 10.3 Å². The van der Waals surface area contributed by atoms with Gasteiger partial charge in [-0.15, -0.1) is 0 Å². The van der Waals surface area contributed by atoms with Gasteiger partial charge in [-0.25, -0.2) is 4.39 Å². The Balaban J connectivity index is 2.27. The Bertz CT molecular complexity index is 522. The fraction of sp³-hybridized carbons (Fsp3) is 0.333. The minimum atomic E-state index is -0.448. The maximum absolute atomic E-state index is 13.0. The van der Waals surface area contributed by atoms with Gasteiger partial charge in [-0.3, -0.25) is 0 Å². The molecule has 4 nitrogen and oxygen atoms in total. The molecule has 0 fully saturated rings. The first-order chi connectivity index (χ1) is 8.06. The summed E-state index contributed by atoms with van der Waals surface area (Å²) in [6.45, 7) is 4.15. The number of halogens is 1. The molecule has 0 aliphatic carbocycles. The van der Waals surface area contributed by atoms with Gasteiger partial charge < -0.3 is 10.3 Å². The number of nitrogen functional groups attached to an aromatic ring is 1. The molecule has 90 valence electrons. The molecule has 0 bridgehead atoms. The van der Waals surface area contributed by atoms with Gasteiger partial charge in [-0.05, 0) is 24.1 Å². The van der Waals surface area contributed by atoms with Gasteiger partial charge in [0, 0.05) is 12.0 Å². The van der Waals surface area contributed by atoms with Crippen molar-refractivity contribution in [1.82, 2.24) is 10.1 Å². The molecule has 0 aliphatic heterocycles. The monoisotopic (exact) mass is 235 g/mol. The van der Waals surface area contributed by atoms with Crippen LogP contribution in [0.15, 0.2) is 22.7 Å². The summed E-state index contributed by atoms with van der Waals surface area (Å²) < 4.78 is 18.1. The highest BCUT2D eigenvalue weighted by molar-refractivity contribution is 5.59. The molecule has 2 aromatic rings. The van der Waals surface area contributed by atoms with Crippen LogP contribution < -0.4 is 5.73 Å². The fourth-order valence-electron chi connectivity index (χ4n) is 1.50. The Hall–Kier alpha value is -1.91. The van der Waals surface area contributed by atoms with Crippen molar-refractivity contribution in [3.8, 4) is 11.5 Å². The maximum atomic E-state index is 13.0. The molecule has 5 heteroatoms. The molecule has 1 aromatic heterocycles. The highest BCUT2D eigenvalue weighted by Gasteiger charge is 2.11. The molecule has 0 saturated heterocycles. The second-order valence-electron chi connectivity index (χ2n) is 4.35. The lowest BCUT2D eigenvalue weighted by atomic mass is 10.1. The van der Waals surface area contributed by atoms with Crippen molar-refractivity contribution in [1.29, 1.82) is 0 Å². The summed E-state index contributed by atoms with van der Waals surface area (Å²) in [6.07, 6.45) is 0.750. The minimum absolute atomic E-state index is 0.0751. The molecule has 17 heavy (non-hydrogen) atoms. The zero-order chi connectivity index (χ0) is 12.4. The second-order valence-corrected chi connectivity index (χ2v) is 4.35. The van der Waals surface area contributed by atoms with Crippen LogP contribution in [0.25, 0.3) is 11.5 Å². The number of anilines is 1. The topological polar surface area (TPSA) is 64.9 Å². The summed E-state index contributed by atoms with van der Waals surface area (Å²) >= 11 is 0. The smallest absolute Gasteiger partial charge is 0.257 e. The lowest BCUT2D eigenvalue weighted by Gasteiger charge is -1.98. The van der Waals surface area contributed by atoms with Gasteiger partial charge in [-0.1, -0.05) is 19.0 Å². The number of hydrogen-bond donors (Lipinski definition) is 1. The van der Waals surface area contributed by atoms with E-state index in [9.17, 15) is 4.39 Å². The van der Waals surface area contributed by atoms with Gasteiger partial charge in [-0.2, -0.15) is 4.98 Å². The van der Waals surface area contributed by atoms with Crippen molar-refractivity contribution in [3.05, 3.63) is 29.8 Å². The van der Waals surface area contributed by atoms with E-state index in [1.807, 2.05) is 0 Å². The summed E-state index contributed by atoms with van der Waals surface area (Å²) in [6, 6.07) is 4.34. The maximum Gasteiger partial charge on any atom is 0.257 e. The van der Waals surface area contributed by atoms with Crippen LogP contribution in [-0.2, 0) is 6.42 Å². The van der Waals surface area contributed by atoms with E-state index in [0.29, 0.717) is 23.2 Å². The zero-order valence-electron chi connectivity index (χ0n) is 9.77. The van der Waals surface area contributed by atoms with E-state index in [1.165, 1.54) is 12.1 Å². The number of hydrogen-bond acceptors (Lipinski definition) is 4. The molecule has 2 rings (SSSR count). The van der Waals surface area contributed by atoms with E-state index in [0.717, 1.165) is 6.42 Å². The molecule has 0 unspecified atom stereocenters. The van der Waals surface area contributed by atoms with E-state index in [1.54, 1.807) is 6.07 Å². The number of nitrogens with two attached hydrogens (primary N) is 1. The van der Waals surface area contributed by atoms with Crippen molar-refractivity contribution >= 4 is 5.69 Å². The Kier molecular flexibility index (Phi) is 3.08. The van der Waals surface area contributed by atoms with Crippen molar-refractivity contribution in [2.75, 3.05) is 5.73 Å². The number of benzene rings is 1. The predicted octanol–water partition coefficient (Wildman–Crippen LogP) is 2.66. The average molecular weight is 235 g/mol. The van der Waals surface area contributed by atoms with Crippen LogP contribution in [0.2, 0.25) is 0 Å². The van der Waals surface area contributed by atoms with Crippen molar-refractivity contribution < 1.29 is 8.91 Å². The van der Waals surface area contributed by atoms with Crippen LogP contribution in [0.4, 0.5) is 10.1 Å². The summed E-state index contributed by atoms with van der Waals surface area (Å²) in [5, 5.41) is 3.86. The molecule has 0 radical (unpaired) electrons. The summed E-state index contributed by atoms with van der Waals surface area (Å²) in [5.74, 6) is 1.03. The lowest BCUT2D eigenvalue weighted by molar-refractivity contribution is 0.417. The molecule has 1 heterocycles. The van der Waals surface area contributed by atoms with Crippen LogP contribution in [0.1, 0.15) is 19.7 Å². The third-order valence-electron chi connectivity index (χ3n) is 2.30. The van der Waals surface area contributed by atoms with E-state index in [-0.39, 0.29) is 5.69 Å². The first-order valence-electron chi connectivity index (χ1n) is 5.44. The normalized spacial score (nSPS) is 11.1. The van der Waals surface area contributed by atoms with Crippen molar-refractivity contribution in [2.24, 2.45) is 5.92 Å². The second kappa shape index (κ2) is 4.53. The molecule has 0 atom stereocenters. The molecule has 0 amide bonds. The molecular weight excluding hydrogens is 221 g/mol. The highest BCUT2D eigenvalue weighted by Crippen LogP contribution is 2.22. The van der Waals surface area contributed by atoms with Gasteiger partial charge in [0.25, 0.3) is 5.89 Å². The summed E-state index contributed by atoms with van der Waals surface area (Å²) in [4.78, 5) is 4.24. The van der Waals surface area contributed by atoms with E-state index in [2.05, 4.69) is 24.0 Å². The van der Waals surface area contributed by atoms with Crippen LogP contribution in [0.5, 0.6) is 0 Å². The van der Waals surface area contributed by atoms with Crippen molar-refractivity contribution in [3.63, 3.8) is 0 Å². The number of rotatable bonds is 3. The summed E-state index contributed by atoms with van der Waals surface area (Å²) in [7, 11) is 0. The first-order valence-corrected chi connectivity index (χ1v) is 5.44. The van der Waals surface area contributed by atoms with Crippen LogP contribution in [0.3, 0.4) is 0 Å². The lowest BCUT2D eigenvalue weighted by Crippen LogP contribution is -1.96. The Morgan fingerprint density at radius 1 is 1.41 bits per heavy atom. The highest BCUT2D eigenvalue weighted by atomic mass is 19.1. The zero-order valence-corrected chi connectivity index (χ0v) is 9.77. The van der Waals surface area contributed by atoms with Gasteiger partial charge in [0.15, 0.2) is 5.82 Å². The molecule has 2 N–H and O–H groups in total. The molecule has 0 saturated carbocycles. The number of aromatic nitrogens is 2. The van der Waals surface area contributed by atoms with Crippen LogP contribution in [0, 0.1) is 11.7 Å². The van der Waals surface area contributed by atoms with E-state index < -0.39 is 5.82 Å². The largest absolute Gasteiger partial charge is 0.396 e. The minimum Gasteiger partial charge on any atom is -0.396 e.